The predicted molar refractivity (Wildman–Crippen MR) is 97.6 cm³/mol. The normalized spacial score (nSPS) is 18.4. The first-order chi connectivity index (χ1) is 12.5. The lowest BCUT2D eigenvalue weighted by Gasteiger charge is -2.29. The van der Waals surface area contributed by atoms with Gasteiger partial charge in [-0.15, -0.1) is 15.7 Å². The molecule has 1 aromatic heterocycles. The number of hydrogen-bond acceptors (Lipinski definition) is 11. The van der Waals surface area contributed by atoms with Crippen molar-refractivity contribution in [1.82, 2.24) is 21.2 Å². The standard InChI is InChI=1S/C13H13BN6O4S2/c15-12-17-18-13(26-12)25-8-5-6-1-2-7(20-4-3-16-19-20)9(11(21)22)10(6)24-14(8)23/h1-4,8,16,19,23H,5H2,(H2,15,17)(H,21,22)/t8-/m0/s1. The third kappa shape index (κ3) is 3.05. The first-order valence-electron chi connectivity index (χ1n) is 7.49. The van der Waals surface area contributed by atoms with Crippen molar-refractivity contribution >= 4 is 47.0 Å². The number of aromatic carboxylic acids is 1. The van der Waals surface area contributed by atoms with E-state index in [1.165, 1.54) is 28.1 Å². The highest BCUT2D eigenvalue weighted by molar-refractivity contribution is 8.02. The Kier molecular flexibility index (Phi) is 4.36. The molecule has 1 atom stereocenters. The minimum atomic E-state index is -1.19. The molecule has 0 bridgehead atoms. The van der Waals surface area contributed by atoms with Gasteiger partial charge in [0.1, 0.15) is 11.3 Å². The molecule has 0 amide bonds. The molecular weight excluding hydrogens is 379 g/mol. The number of hydrazine groups is 2. The molecule has 2 aliphatic heterocycles. The summed E-state index contributed by atoms with van der Waals surface area (Å²) < 4.78 is 6.21. The molecule has 6 N–H and O–H groups in total. The average Bonchev–Trinajstić information content (AvgIpc) is 3.26. The van der Waals surface area contributed by atoms with E-state index in [-0.39, 0.29) is 16.5 Å². The maximum absolute atomic E-state index is 11.8. The van der Waals surface area contributed by atoms with E-state index in [0.29, 0.717) is 27.1 Å². The number of nitrogens with one attached hydrogen (secondary N) is 2. The molecule has 0 saturated carbocycles. The summed E-state index contributed by atoms with van der Waals surface area (Å²) in [7, 11) is -1.19. The number of carboxylic acid groups (broad SMARTS) is 1. The monoisotopic (exact) mass is 392 g/mol. The van der Waals surface area contributed by atoms with Gasteiger partial charge in [0, 0.05) is 12.4 Å². The molecule has 0 radical (unpaired) electrons. The minimum Gasteiger partial charge on any atom is -0.535 e. The molecule has 10 nitrogen and oxygen atoms in total. The molecule has 4 rings (SSSR count). The van der Waals surface area contributed by atoms with Crippen LogP contribution in [0.4, 0.5) is 10.8 Å². The highest BCUT2D eigenvalue weighted by atomic mass is 32.2. The lowest BCUT2D eigenvalue weighted by Crippen LogP contribution is -2.41. The maximum atomic E-state index is 11.8. The summed E-state index contributed by atoms with van der Waals surface area (Å²) in [6, 6.07) is 3.48. The number of anilines is 2. The molecule has 13 heteroatoms. The molecule has 0 saturated heterocycles. The van der Waals surface area contributed by atoms with E-state index in [9.17, 15) is 14.9 Å². The number of carbonyl (C=O) groups is 1. The smallest absolute Gasteiger partial charge is 0.535 e. The number of carboxylic acids is 1. The minimum absolute atomic E-state index is 0.0222. The van der Waals surface area contributed by atoms with Crippen molar-refractivity contribution in [2.45, 2.75) is 15.9 Å². The summed E-state index contributed by atoms with van der Waals surface area (Å²) in [6.45, 7) is 0. The van der Waals surface area contributed by atoms with Gasteiger partial charge < -0.3 is 25.9 Å². The van der Waals surface area contributed by atoms with E-state index in [4.69, 9.17) is 10.4 Å². The number of thioether (sulfide) groups is 1. The Hall–Kier alpha value is -2.48. The van der Waals surface area contributed by atoms with Crippen LogP contribution in [0, 0.1) is 0 Å². The predicted octanol–water partition coefficient (Wildman–Crippen LogP) is 0.234. The largest absolute Gasteiger partial charge is 0.537 e. The van der Waals surface area contributed by atoms with Crippen LogP contribution in [0.5, 0.6) is 5.75 Å². The van der Waals surface area contributed by atoms with Gasteiger partial charge in [0.2, 0.25) is 5.13 Å². The number of aromatic nitrogens is 2. The molecule has 0 spiro atoms. The summed E-state index contributed by atoms with van der Waals surface area (Å²) in [5.41, 5.74) is 12.2. The quantitative estimate of drug-likeness (QED) is 0.456. The highest BCUT2D eigenvalue weighted by Crippen LogP contribution is 2.40. The Bertz CT molecular complexity index is 894. The van der Waals surface area contributed by atoms with Crippen LogP contribution >= 0.6 is 23.1 Å². The Morgan fingerprint density at radius 1 is 1.50 bits per heavy atom. The molecule has 26 heavy (non-hydrogen) atoms. The fraction of sp³-hybridized carbons (Fsp3) is 0.154. The van der Waals surface area contributed by atoms with E-state index in [1.807, 2.05) is 0 Å². The summed E-state index contributed by atoms with van der Waals surface area (Å²) in [5, 5.41) is 29.2. The lowest BCUT2D eigenvalue weighted by atomic mass is 9.77. The molecule has 0 unspecified atom stereocenters. The van der Waals surface area contributed by atoms with Gasteiger partial charge in [-0.05, 0) is 18.1 Å². The zero-order valence-electron chi connectivity index (χ0n) is 13.1. The molecular formula is C13H13BN6O4S2. The van der Waals surface area contributed by atoms with Crippen molar-refractivity contribution in [3.63, 3.8) is 0 Å². The van der Waals surface area contributed by atoms with E-state index in [0.717, 1.165) is 0 Å². The third-order valence-corrected chi connectivity index (χ3v) is 5.91. The topological polar surface area (TPSA) is 146 Å². The Labute approximate surface area is 156 Å². The average molecular weight is 392 g/mol. The Balaban J connectivity index is 1.66. The van der Waals surface area contributed by atoms with E-state index >= 15 is 0 Å². The van der Waals surface area contributed by atoms with E-state index in [1.54, 1.807) is 24.5 Å². The first-order valence-corrected chi connectivity index (χ1v) is 9.19. The van der Waals surface area contributed by atoms with Crippen molar-refractivity contribution in [2.75, 3.05) is 10.7 Å². The maximum Gasteiger partial charge on any atom is 0.537 e. The number of fused-ring (bicyclic) bond motifs is 1. The van der Waals surface area contributed by atoms with Crippen molar-refractivity contribution < 1.29 is 19.6 Å². The highest BCUT2D eigenvalue weighted by Gasteiger charge is 2.39. The SMILES string of the molecule is Nc1nnc(S[C@H]2Cc3ccc(N4C=CNN4)c(C(=O)O)c3OB2O)s1. The second-order valence-corrected chi connectivity index (χ2v) is 7.97. The van der Waals surface area contributed by atoms with Crippen LogP contribution in [-0.2, 0) is 6.42 Å². The number of nitrogen functional groups attached to an aromatic ring is 1. The number of benzene rings is 1. The van der Waals surface area contributed by atoms with Crippen LogP contribution in [0.2, 0.25) is 0 Å². The van der Waals surface area contributed by atoms with Gasteiger partial charge in [-0.1, -0.05) is 29.2 Å². The Morgan fingerprint density at radius 3 is 3.00 bits per heavy atom. The van der Waals surface area contributed by atoms with Crippen LogP contribution in [0.15, 0.2) is 28.9 Å². The van der Waals surface area contributed by atoms with Crippen LogP contribution in [0.1, 0.15) is 15.9 Å². The molecule has 0 aliphatic carbocycles. The van der Waals surface area contributed by atoms with Gasteiger partial charge in [0.05, 0.1) is 10.8 Å². The summed E-state index contributed by atoms with van der Waals surface area (Å²) in [4.78, 5) is 11.8. The number of rotatable bonds is 4. The lowest BCUT2D eigenvalue weighted by molar-refractivity contribution is 0.0695. The zero-order valence-corrected chi connectivity index (χ0v) is 14.8. The van der Waals surface area contributed by atoms with Gasteiger partial charge in [-0.2, -0.15) is 0 Å². The second kappa shape index (κ2) is 6.68. The fourth-order valence-electron chi connectivity index (χ4n) is 2.73. The molecule has 1 aromatic carbocycles. The summed E-state index contributed by atoms with van der Waals surface area (Å²) in [6.07, 6.45) is 3.69. The summed E-state index contributed by atoms with van der Waals surface area (Å²) in [5.74, 6) is -0.979. The van der Waals surface area contributed by atoms with Gasteiger partial charge in [0.25, 0.3) is 0 Å². The zero-order chi connectivity index (χ0) is 18.3. The van der Waals surface area contributed by atoms with Crippen LogP contribution in [0.25, 0.3) is 0 Å². The number of nitrogens with two attached hydrogens (primary N) is 1. The Morgan fingerprint density at radius 2 is 2.35 bits per heavy atom. The van der Waals surface area contributed by atoms with E-state index in [2.05, 4.69) is 21.2 Å². The third-order valence-electron chi connectivity index (χ3n) is 3.83. The second-order valence-electron chi connectivity index (χ2n) is 5.47. The van der Waals surface area contributed by atoms with Gasteiger partial charge in [-0.3, -0.25) is 5.01 Å². The summed E-state index contributed by atoms with van der Waals surface area (Å²) >= 11 is 2.52. The fourth-order valence-corrected chi connectivity index (χ4v) is 4.67. The molecule has 2 aliphatic rings. The van der Waals surface area contributed by atoms with Crippen molar-refractivity contribution in [3.05, 3.63) is 35.7 Å². The van der Waals surface area contributed by atoms with Crippen molar-refractivity contribution in [1.29, 1.82) is 0 Å². The molecule has 3 heterocycles. The molecule has 134 valence electrons. The van der Waals surface area contributed by atoms with Crippen LogP contribution in [0.3, 0.4) is 0 Å². The van der Waals surface area contributed by atoms with Crippen molar-refractivity contribution in [2.24, 2.45) is 0 Å². The first kappa shape index (κ1) is 17.0. The van der Waals surface area contributed by atoms with Gasteiger partial charge in [-0.25, -0.2) is 4.79 Å². The molecule has 2 aromatic rings. The van der Waals surface area contributed by atoms with Crippen LogP contribution < -0.4 is 26.4 Å². The van der Waals surface area contributed by atoms with Crippen molar-refractivity contribution in [3.8, 4) is 5.75 Å². The van der Waals surface area contributed by atoms with E-state index < -0.39 is 13.1 Å². The number of hydrogen-bond donors (Lipinski definition) is 5. The van der Waals surface area contributed by atoms with Crippen LogP contribution in [-0.4, -0.2) is 38.6 Å². The molecule has 0 fully saturated rings. The van der Waals surface area contributed by atoms with Gasteiger partial charge >= 0.3 is 13.1 Å². The number of nitrogens with zero attached hydrogens (tertiary/aromatic N) is 3. The van der Waals surface area contributed by atoms with Gasteiger partial charge in [0.15, 0.2) is 4.34 Å².